The van der Waals surface area contributed by atoms with E-state index in [9.17, 15) is 28.8 Å². The van der Waals surface area contributed by atoms with E-state index in [1.54, 1.807) is 0 Å². The highest BCUT2D eigenvalue weighted by atomic mass is 16.4. The normalized spacial score (nSPS) is 14.5. The van der Waals surface area contributed by atoms with Gasteiger partial charge >= 0.3 is 5.97 Å². The summed E-state index contributed by atoms with van der Waals surface area (Å²) in [7, 11) is 0. The third kappa shape index (κ3) is 9.76. The number of hydrogen-bond donors (Lipinski definition) is 9. The van der Waals surface area contributed by atoms with Crippen LogP contribution in [0.3, 0.4) is 0 Å². The SMILES string of the molecule is NC(=O)CCC(NC(=O)C(CC(N)=O)NC(=O)C(N)CO)C(=O)NC(CO)C(=O)O. The van der Waals surface area contributed by atoms with Gasteiger partial charge in [-0.05, 0) is 6.42 Å². The zero-order chi connectivity index (χ0) is 23.4. The van der Waals surface area contributed by atoms with E-state index in [-0.39, 0.29) is 12.8 Å². The molecule has 4 atom stereocenters. The van der Waals surface area contributed by atoms with E-state index in [4.69, 9.17) is 32.5 Å². The summed E-state index contributed by atoms with van der Waals surface area (Å²) < 4.78 is 0. The summed E-state index contributed by atoms with van der Waals surface area (Å²) in [5.41, 5.74) is 15.4. The largest absolute Gasteiger partial charge is 0.480 e. The van der Waals surface area contributed by atoms with Gasteiger partial charge in [-0.15, -0.1) is 0 Å². The van der Waals surface area contributed by atoms with E-state index in [2.05, 4.69) is 10.6 Å². The molecule has 0 aromatic carbocycles. The molecule has 15 heteroatoms. The molecule has 4 unspecified atom stereocenters. The number of nitrogens with one attached hydrogen (secondary N) is 3. The molecular formula is C15H26N6O9. The van der Waals surface area contributed by atoms with Crippen LogP contribution in [0.1, 0.15) is 19.3 Å². The van der Waals surface area contributed by atoms with Crippen molar-refractivity contribution in [2.45, 2.75) is 43.4 Å². The number of nitrogens with two attached hydrogens (primary N) is 3. The van der Waals surface area contributed by atoms with E-state index < -0.39 is 79.3 Å². The molecule has 0 fully saturated rings. The minimum absolute atomic E-state index is 0.349. The second-order valence-electron chi connectivity index (χ2n) is 6.17. The predicted molar refractivity (Wildman–Crippen MR) is 97.8 cm³/mol. The molecule has 0 bridgehead atoms. The van der Waals surface area contributed by atoms with Crippen molar-refractivity contribution in [2.24, 2.45) is 17.2 Å². The van der Waals surface area contributed by atoms with Crippen molar-refractivity contribution in [1.82, 2.24) is 16.0 Å². The first-order valence-electron chi connectivity index (χ1n) is 8.60. The van der Waals surface area contributed by atoms with E-state index in [0.717, 1.165) is 0 Å². The van der Waals surface area contributed by atoms with Crippen LogP contribution in [0, 0.1) is 0 Å². The highest BCUT2D eigenvalue weighted by molar-refractivity contribution is 5.96. The lowest BCUT2D eigenvalue weighted by molar-refractivity contribution is -0.143. The Hall–Kier alpha value is -3.30. The Balaban J connectivity index is 5.45. The summed E-state index contributed by atoms with van der Waals surface area (Å²) in [6.45, 7) is -1.70. The van der Waals surface area contributed by atoms with Crippen LogP contribution in [0.25, 0.3) is 0 Å². The number of aliphatic carboxylic acids is 1. The Labute approximate surface area is 170 Å². The van der Waals surface area contributed by atoms with Crippen molar-refractivity contribution < 1.29 is 44.1 Å². The summed E-state index contributed by atoms with van der Waals surface area (Å²) >= 11 is 0. The molecule has 0 saturated heterocycles. The number of carbonyl (C=O) groups is 6. The molecule has 0 aromatic rings. The molecular weight excluding hydrogens is 408 g/mol. The fourth-order valence-electron chi connectivity index (χ4n) is 2.06. The third-order valence-electron chi connectivity index (χ3n) is 3.68. The summed E-state index contributed by atoms with van der Waals surface area (Å²) in [4.78, 5) is 69.8. The average molecular weight is 434 g/mol. The lowest BCUT2D eigenvalue weighted by Gasteiger charge is -2.24. The Morgan fingerprint density at radius 2 is 1.23 bits per heavy atom. The molecule has 0 rings (SSSR count). The standard InChI is InChI=1S/C15H26N6O9/c16-6(4-22)12(26)20-8(3-11(18)25)14(28)19-7(1-2-10(17)24)13(27)21-9(5-23)15(29)30/h6-9,22-23H,1-5,16H2,(H2,17,24)(H2,18,25)(H,19,28)(H,20,26)(H,21,27)(H,29,30). The van der Waals surface area contributed by atoms with Crippen molar-refractivity contribution in [3.63, 3.8) is 0 Å². The summed E-state index contributed by atoms with van der Waals surface area (Å²) in [5.74, 6) is -6.49. The number of rotatable bonds is 14. The number of aliphatic hydroxyl groups is 2. The molecule has 0 spiro atoms. The molecule has 0 aliphatic carbocycles. The second kappa shape index (κ2) is 13.0. The Kier molecular flexibility index (Phi) is 11.6. The van der Waals surface area contributed by atoms with Crippen molar-refractivity contribution in [3.05, 3.63) is 0 Å². The van der Waals surface area contributed by atoms with Crippen molar-refractivity contribution >= 4 is 35.5 Å². The van der Waals surface area contributed by atoms with Gasteiger partial charge in [0.2, 0.25) is 29.5 Å². The van der Waals surface area contributed by atoms with Crippen LogP contribution in [0.5, 0.6) is 0 Å². The molecule has 15 nitrogen and oxygen atoms in total. The zero-order valence-electron chi connectivity index (χ0n) is 15.9. The summed E-state index contributed by atoms with van der Waals surface area (Å²) in [6, 6.07) is -6.17. The first-order valence-corrected chi connectivity index (χ1v) is 8.60. The highest BCUT2D eigenvalue weighted by Gasteiger charge is 2.31. The Morgan fingerprint density at radius 1 is 0.733 bits per heavy atom. The Morgan fingerprint density at radius 3 is 1.67 bits per heavy atom. The van der Waals surface area contributed by atoms with Gasteiger partial charge in [0.05, 0.1) is 19.6 Å². The molecule has 30 heavy (non-hydrogen) atoms. The lowest BCUT2D eigenvalue weighted by atomic mass is 10.1. The van der Waals surface area contributed by atoms with E-state index in [0.29, 0.717) is 0 Å². The third-order valence-corrected chi connectivity index (χ3v) is 3.68. The Bertz CT molecular complexity index is 671. The summed E-state index contributed by atoms with van der Waals surface area (Å²) in [6.07, 6.45) is -1.41. The quantitative estimate of drug-likeness (QED) is 0.125. The molecule has 0 radical (unpaired) electrons. The second-order valence-corrected chi connectivity index (χ2v) is 6.17. The van der Waals surface area contributed by atoms with Gasteiger partial charge in [0.1, 0.15) is 24.2 Å². The number of carboxylic acid groups (broad SMARTS) is 1. The molecule has 0 aliphatic rings. The number of primary amides is 2. The maximum absolute atomic E-state index is 12.5. The van der Waals surface area contributed by atoms with Gasteiger partial charge < -0.3 is 48.5 Å². The van der Waals surface area contributed by atoms with Gasteiger partial charge in [0.25, 0.3) is 0 Å². The summed E-state index contributed by atoms with van der Waals surface area (Å²) in [5, 5.41) is 33.0. The average Bonchev–Trinajstić information content (AvgIpc) is 2.66. The molecule has 0 saturated carbocycles. The number of carboxylic acids is 1. The maximum Gasteiger partial charge on any atom is 0.328 e. The number of hydrogen-bond acceptors (Lipinski definition) is 9. The molecule has 12 N–H and O–H groups in total. The van der Waals surface area contributed by atoms with Gasteiger partial charge in [-0.2, -0.15) is 0 Å². The van der Waals surface area contributed by atoms with Crippen LogP contribution in [0.2, 0.25) is 0 Å². The molecule has 0 aliphatic heterocycles. The van der Waals surface area contributed by atoms with E-state index >= 15 is 0 Å². The van der Waals surface area contributed by atoms with Crippen LogP contribution in [0.4, 0.5) is 0 Å². The van der Waals surface area contributed by atoms with Crippen LogP contribution in [-0.4, -0.2) is 88.2 Å². The molecule has 5 amide bonds. The van der Waals surface area contributed by atoms with E-state index in [1.165, 1.54) is 0 Å². The lowest BCUT2D eigenvalue weighted by Crippen LogP contribution is -2.58. The fourth-order valence-corrected chi connectivity index (χ4v) is 2.06. The van der Waals surface area contributed by atoms with Crippen LogP contribution in [0.15, 0.2) is 0 Å². The first kappa shape index (κ1) is 26.7. The van der Waals surface area contributed by atoms with Gasteiger partial charge in [0.15, 0.2) is 0 Å². The number of carbonyl (C=O) groups excluding carboxylic acids is 5. The maximum atomic E-state index is 12.5. The van der Waals surface area contributed by atoms with Gasteiger partial charge in [-0.3, -0.25) is 24.0 Å². The predicted octanol–water partition coefficient (Wildman–Crippen LogP) is -6.02. The van der Waals surface area contributed by atoms with Crippen LogP contribution >= 0.6 is 0 Å². The molecule has 0 aromatic heterocycles. The monoisotopic (exact) mass is 434 g/mol. The molecule has 0 heterocycles. The van der Waals surface area contributed by atoms with Crippen molar-refractivity contribution in [1.29, 1.82) is 0 Å². The van der Waals surface area contributed by atoms with E-state index in [1.807, 2.05) is 5.32 Å². The van der Waals surface area contributed by atoms with Crippen LogP contribution < -0.4 is 33.2 Å². The topological polar surface area (TPSA) is 277 Å². The molecule has 170 valence electrons. The number of aliphatic hydroxyl groups excluding tert-OH is 2. The fraction of sp³-hybridized carbons (Fsp3) is 0.600. The van der Waals surface area contributed by atoms with Gasteiger partial charge in [-0.25, -0.2) is 4.79 Å². The minimum Gasteiger partial charge on any atom is -0.480 e. The van der Waals surface area contributed by atoms with Gasteiger partial charge in [-0.1, -0.05) is 0 Å². The van der Waals surface area contributed by atoms with Crippen molar-refractivity contribution in [3.8, 4) is 0 Å². The van der Waals surface area contributed by atoms with Gasteiger partial charge in [0, 0.05) is 6.42 Å². The van der Waals surface area contributed by atoms with Crippen LogP contribution in [-0.2, 0) is 28.8 Å². The minimum atomic E-state index is -1.69. The first-order chi connectivity index (χ1) is 13.9. The smallest absolute Gasteiger partial charge is 0.328 e. The highest BCUT2D eigenvalue weighted by Crippen LogP contribution is 2.02. The van der Waals surface area contributed by atoms with Crippen molar-refractivity contribution in [2.75, 3.05) is 13.2 Å². The number of amides is 5. The zero-order valence-corrected chi connectivity index (χ0v) is 15.9.